The molecule has 0 radical (unpaired) electrons. The predicted octanol–water partition coefficient (Wildman–Crippen LogP) is 5.01. The Labute approximate surface area is 265 Å². The molecule has 46 heavy (non-hydrogen) atoms. The Hall–Kier alpha value is -4.91. The lowest BCUT2D eigenvalue weighted by atomic mass is 9.95. The standard InChI is InChI=1S/C33H29F4N3O5S/c1-6-44-32(42)26-17(2)38-33-40(29(26)19-8-10-21(11-9-19)39(3)4)31(41)25(46-33)14-18-7-12-24(43-5)20(13-18)16-45-30-27(36)22(34)15-23(35)28(30)37/h7-15,29H,6,16H2,1-5H3/t29-/m0/s1. The number of fused-ring (bicyclic) bond motifs is 1. The number of thiazole rings is 1. The highest BCUT2D eigenvalue weighted by molar-refractivity contribution is 7.07. The van der Waals surface area contributed by atoms with E-state index in [0.29, 0.717) is 21.6 Å². The summed E-state index contributed by atoms with van der Waals surface area (Å²) in [6, 6.07) is 11.5. The van der Waals surface area contributed by atoms with Gasteiger partial charge >= 0.3 is 5.97 Å². The van der Waals surface area contributed by atoms with E-state index in [1.807, 2.05) is 43.3 Å². The molecule has 1 aliphatic heterocycles. The Balaban J connectivity index is 1.58. The van der Waals surface area contributed by atoms with E-state index in [0.717, 1.165) is 17.0 Å². The molecule has 1 aromatic heterocycles. The maximum atomic E-state index is 14.2. The zero-order chi connectivity index (χ0) is 33.3. The van der Waals surface area contributed by atoms with E-state index in [4.69, 9.17) is 14.2 Å². The molecule has 0 amide bonds. The predicted molar refractivity (Wildman–Crippen MR) is 165 cm³/mol. The third kappa shape index (κ3) is 6.14. The van der Waals surface area contributed by atoms with Gasteiger partial charge in [-0.25, -0.2) is 18.6 Å². The molecule has 13 heteroatoms. The first-order valence-corrected chi connectivity index (χ1v) is 14.9. The number of anilines is 1. The van der Waals surface area contributed by atoms with Crippen molar-refractivity contribution in [2.24, 2.45) is 4.99 Å². The van der Waals surface area contributed by atoms with Gasteiger partial charge in [-0.1, -0.05) is 29.5 Å². The minimum atomic E-state index is -1.67. The molecular formula is C33H29F4N3O5S. The number of ether oxygens (including phenoxy) is 3. The zero-order valence-corrected chi connectivity index (χ0v) is 26.3. The first-order valence-electron chi connectivity index (χ1n) is 14.0. The third-order valence-electron chi connectivity index (χ3n) is 7.29. The molecule has 1 atom stereocenters. The Morgan fingerprint density at radius 2 is 1.72 bits per heavy atom. The van der Waals surface area contributed by atoms with Crippen molar-refractivity contribution in [2.45, 2.75) is 26.5 Å². The molecule has 8 nitrogen and oxygen atoms in total. The number of aromatic nitrogens is 1. The van der Waals surface area contributed by atoms with E-state index in [2.05, 4.69) is 4.99 Å². The van der Waals surface area contributed by atoms with E-state index in [9.17, 15) is 27.2 Å². The van der Waals surface area contributed by atoms with Gasteiger partial charge in [-0.3, -0.25) is 9.36 Å². The molecule has 240 valence electrons. The van der Waals surface area contributed by atoms with E-state index >= 15 is 0 Å². The lowest BCUT2D eigenvalue weighted by molar-refractivity contribution is -0.139. The van der Waals surface area contributed by atoms with Crippen molar-refractivity contribution in [2.75, 3.05) is 32.7 Å². The Morgan fingerprint density at radius 3 is 2.33 bits per heavy atom. The van der Waals surface area contributed by atoms with Gasteiger partial charge in [0, 0.05) is 31.4 Å². The molecule has 0 saturated carbocycles. The fraction of sp³-hybridized carbons (Fsp3) is 0.242. The quantitative estimate of drug-likeness (QED) is 0.143. The molecule has 3 aromatic carbocycles. The van der Waals surface area contributed by atoms with E-state index in [-0.39, 0.29) is 34.1 Å². The van der Waals surface area contributed by atoms with Crippen molar-refractivity contribution in [3.63, 3.8) is 0 Å². The summed E-state index contributed by atoms with van der Waals surface area (Å²) in [6.07, 6.45) is 1.59. The molecule has 4 aromatic rings. The minimum absolute atomic E-state index is 0.0925. The highest BCUT2D eigenvalue weighted by atomic mass is 32.1. The van der Waals surface area contributed by atoms with Gasteiger partial charge in [0.25, 0.3) is 5.56 Å². The summed E-state index contributed by atoms with van der Waals surface area (Å²) in [5.41, 5.74) is 2.65. The third-order valence-corrected chi connectivity index (χ3v) is 8.27. The lowest BCUT2D eigenvalue weighted by Gasteiger charge is -2.25. The number of allylic oxidation sites excluding steroid dienone is 1. The summed E-state index contributed by atoms with van der Waals surface area (Å²) in [5, 5.41) is 0. The second kappa shape index (κ2) is 13.2. The van der Waals surface area contributed by atoms with Crippen LogP contribution < -0.4 is 29.3 Å². The number of benzene rings is 3. The molecule has 2 heterocycles. The summed E-state index contributed by atoms with van der Waals surface area (Å²) < 4.78 is 73.3. The number of hydrogen-bond donors (Lipinski definition) is 0. The van der Waals surface area contributed by atoms with Crippen LogP contribution >= 0.6 is 11.3 Å². The molecule has 0 aliphatic carbocycles. The van der Waals surface area contributed by atoms with Crippen LogP contribution in [0.2, 0.25) is 0 Å². The van der Waals surface area contributed by atoms with Crippen molar-refractivity contribution >= 4 is 29.1 Å². The van der Waals surface area contributed by atoms with Crippen LogP contribution in [0.1, 0.15) is 36.6 Å². The lowest BCUT2D eigenvalue weighted by Crippen LogP contribution is -2.39. The summed E-state index contributed by atoms with van der Waals surface area (Å²) in [7, 11) is 5.18. The first kappa shape index (κ1) is 32.5. The van der Waals surface area contributed by atoms with Crippen molar-refractivity contribution in [3.05, 3.63) is 119 Å². The normalized spacial score (nSPS) is 14.5. The number of nitrogens with zero attached hydrogens (tertiary/aromatic N) is 3. The van der Waals surface area contributed by atoms with E-state index < -0.39 is 53.2 Å². The molecule has 0 spiro atoms. The fourth-order valence-electron chi connectivity index (χ4n) is 5.04. The van der Waals surface area contributed by atoms with Gasteiger partial charge in [-0.15, -0.1) is 0 Å². The van der Waals surface area contributed by atoms with Gasteiger partial charge in [0.2, 0.25) is 11.6 Å². The summed E-state index contributed by atoms with van der Waals surface area (Å²) in [6.45, 7) is 3.02. The summed E-state index contributed by atoms with van der Waals surface area (Å²) in [4.78, 5) is 34.0. The molecule has 0 N–H and O–H groups in total. The molecular weight excluding hydrogens is 626 g/mol. The van der Waals surface area contributed by atoms with Crippen LogP contribution in [0.25, 0.3) is 6.08 Å². The van der Waals surface area contributed by atoms with Crippen molar-refractivity contribution in [3.8, 4) is 11.5 Å². The monoisotopic (exact) mass is 655 g/mol. The molecule has 0 unspecified atom stereocenters. The molecule has 5 rings (SSSR count). The van der Waals surface area contributed by atoms with Crippen LogP contribution in [0, 0.1) is 23.3 Å². The zero-order valence-electron chi connectivity index (χ0n) is 25.5. The van der Waals surface area contributed by atoms with Gasteiger partial charge in [0.15, 0.2) is 22.2 Å². The van der Waals surface area contributed by atoms with Crippen LogP contribution in [0.5, 0.6) is 11.5 Å². The highest BCUT2D eigenvalue weighted by Gasteiger charge is 2.33. The average Bonchev–Trinajstić information content (AvgIpc) is 3.33. The van der Waals surface area contributed by atoms with Gasteiger partial charge < -0.3 is 19.1 Å². The molecule has 0 saturated heterocycles. The Bertz CT molecular complexity index is 2010. The van der Waals surface area contributed by atoms with Gasteiger partial charge in [0.05, 0.1) is 35.6 Å². The van der Waals surface area contributed by atoms with Crippen molar-refractivity contribution in [1.29, 1.82) is 0 Å². The van der Waals surface area contributed by atoms with Crippen LogP contribution in [0.4, 0.5) is 23.2 Å². The Morgan fingerprint density at radius 1 is 1.04 bits per heavy atom. The number of rotatable bonds is 9. The van der Waals surface area contributed by atoms with Gasteiger partial charge in [0.1, 0.15) is 12.4 Å². The number of methoxy groups -OCH3 is 1. The molecule has 0 bridgehead atoms. The topological polar surface area (TPSA) is 82.4 Å². The second-order valence-corrected chi connectivity index (χ2v) is 11.5. The smallest absolute Gasteiger partial charge is 0.338 e. The van der Waals surface area contributed by atoms with Crippen molar-refractivity contribution in [1.82, 2.24) is 4.57 Å². The first-order chi connectivity index (χ1) is 21.9. The SMILES string of the molecule is CCOC(=O)C1=C(C)N=c2sc(=Cc3ccc(OC)c(COc4c(F)c(F)cc(F)c4F)c3)c(=O)n2[C@H]1c1ccc(N(C)C)cc1. The largest absolute Gasteiger partial charge is 0.496 e. The van der Waals surface area contributed by atoms with Crippen LogP contribution in [0.3, 0.4) is 0 Å². The summed E-state index contributed by atoms with van der Waals surface area (Å²) in [5.74, 6) is -8.05. The minimum Gasteiger partial charge on any atom is -0.496 e. The number of esters is 1. The van der Waals surface area contributed by atoms with E-state index in [1.165, 1.54) is 11.7 Å². The van der Waals surface area contributed by atoms with Crippen LogP contribution in [-0.2, 0) is 16.1 Å². The number of hydrogen-bond acceptors (Lipinski definition) is 8. The average molecular weight is 656 g/mol. The van der Waals surface area contributed by atoms with E-state index in [1.54, 1.807) is 38.1 Å². The number of halogens is 4. The summed E-state index contributed by atoms with van der Waals surface area (Å²) >= 11 is 1.12. The number of carbonyl (C=O) groups excluding carboxylic acids is 1. The second-order valence-electron chi connectivity index (χ2n) is 10.4. The van der Waals surface area contributed by atoms with Crippen molar-refractivity contribution < 1.29 is 36.6 Å². The maximum absolute atomic E-state index is 14.2. The Kier molecular flexibility index (Phi) is 9.33. The van der Waals surface area contributed by atoms with Gasteiger partial charge in [-0.2, -0.15) is 8.78 Å². The maximum Gasteiger partial charge on any atom is 0.338 e. The van der Waals surface area contributed by atoms with Gasteiger partial charge in [-0.05, 0) is 55.3 Å². The fourth-order valence-corrected chi connectivity index (χ4v) is 6.09. The van der Waals surface area contributed by atoms with Crippen LogP contribution in [0.15, 0.2) is 69.6 Å². The van der Waals surface area contributed by atoms with Crippen LogP contribution in [-0.4, -0.2) is 38.3 Å². The highest BCUT2D eigenvalue weighted by Crippen LogP contribution is 2.32. The molecule has 0 fully saturated rings. The number of carbonyl (C=O) groups is 1. The molecule has 1 aliphatic rings.